The fourth-order valence-electron chi connectivity index (χ4n) is 1.90. The molecule has 0 aromatic heterocycles. The van der Waals surface area contributed by atoms with Crippen LogP contribution in [0.15, 0.2) is 30.3 Å². The minimum Gasteiger partial charge on any atom is -0.387 e. The van der Waals surface area contributed by atoms with Crippen LogP contribution in [-0.4, -0.2) is 48.5 Å². The Balaban J connectivity index is 1.87. The van der Waals surface area contributed by atoms with Gasteiger partial charge in [-0.15, -0.1) is 0 Å². The van der Waals surface area contributed by atoms with Crippen molar-refractivity contribution in [3.05, 3.63) is 35.9 Å². The largest absolute Gasteiger partial charge is 0.387 e. The predicted molar refractivity (Wildman–Crippen MR) is 63.8 cm³/mol. The summed E-state index contributed by atoms with van der Waals surface area (Å²) in [7, 11) is 1.42. The van der Waals surface area contributed by atoms with Crippen LogP contribution in [0.5, 0.6) is 0 Å². The van der Waals surface area contributed by atoms with Crippen LogP contribution in [0.2, 0.25) is 0 Å². The molecule has 5 heteroatoms. The van der Waals surface area contributed by atoms with Crippen LogP contribution >= 0.6 is 0 Å². The number of hydrogen-bond acceptors (Lipinski definition) is 5. The minimum absolute atomic E-state index is 0.198. The fourth-order valence-corrected chi connectivity index (χ4v) is 1.90. The van der Waals surface area contributed by atoms with Gasteiger partial charge in [-0.25, -0.2) is 0 Å². The third-order valence-electron chi connectivity index (χ3n) is 2.97. The molecule has 2 rings (SSSR count). The fraction of sp³-hybridized carbons (Fsp3) is 0.538. The summed E-state index contributed by atoms with van der Waals surface area (Å²) in [6.07, 6.45) is -3.44. The van der Waals surface area contributed by atoms with Gasteiger partial charge >= 0.3 is 0 Å². The lowest BCUT2D eigenvalue weighted by atomic mass is 10.1. The van der Waals surface area contributed by atoms with Crippen LogP contribution in [0, 0.1) is 0 Å². The zero-order valence-corrected chi connectivity index (χ0v) is 10.2. The van der Waals surface area contributed by atoms with Crippen LogP contribution in [0.1, 0.15) is 5.56 Å². The average molecular weight is 254 g/mol. The zero-order valence-electron chi connectivity index (χ0n) is 10.2. The van der Waals surface area contributed by atoms with Crippen molar-refractivity contribution in [1.29, 1.82) is 0 Å². The first-order valence-electron chi connectivity index (χ1n) is 5.88. The van der Waals surface area contributed by atoms with Gasteiger partial charge in [0, 0.05) is 7.11 Å². The average Bonchev–Trinajstić information content (AvgIpc) is 2.42. The summed E-state index contributed by atoms with van der Waals surface area (Å²) in [5.74, 6) is 0. The number of hydrogen-bond donors (Lipinski definition) is 2. The van der Waals surface area contributed by atoms with Crippen molar-refractivity contribution in [3.8, 4) is 0 Å². The van der Waals surface area contributed by atoms with Crippen LogP contribution < -0.4 is 0 Å². The van der Waals surface area contributed by atoms with Crippen LogP contribution in [0.4, 0.5) is 0 Å². The van der Waals surface area contributed by atoms with E-state index in [1.54, 1.807) is 0 Å². The van der Waals surface area contributed by atoms with E-state index < -0.39 is 24.6 Å². The van der Waals surface area contributed by atoms with Crippen LogP contribution in [-0.2, 0) is 20.8 Å². The van der Waals surface area contributed by atoms with Crippen molar-refractivity contribution >= 4 is 0 Å². The molecule has 2 N–H and O–H groups in total. The molecule has 5 nitrogen and oxygen atoms in total. The molecule has 1 heterocycles. The molecule has 1 aliphatic heterocycles. The SMILES string of the molecule is CO[C@@H]1OC[C@H](OCc2ccccc2)[C@@H](O)[C@H]1O. The van der Waals surface area contributed by atoms with Crippen molar-refractivity contribution in [3.63, 3.8) is 0 Å². The van der Waals surface area contributed by atoms with Gasteiger partial charge in [-0.1, -0.05) is 30.3 Å². The highest BCUT2D eigenvalue weighted by Crippen LogP contribution is 2.19. The van der Waals surface area contributed by atoms with Gasteiger partial charge in [0.2, 0.25) is 0 Å². The summed E-state index contributed by atoms with van der Waals surface area (Å²) in [5, 5.41) is 19.6. The van der Waals surface area contributed by atoms with E-state index in [0.717, 1.165) is 5.56 Å². The Morgan fingerprint density at radius 2 is 1.94 bits per heavy atom. The molecule has 1 fully saturated rings. The van der Waals surface area contributed by atoms with Crippen molar-refractivity contribution in [2.24, 2.45) is 0 Å². The number of rotatable bonds is 4. The third-order valence-corrected chi connectivity index (χ3v) is 2.97. The van der Waals surface area contributed by atoms with E-state index in [0.29, 0.717) is 6.61 Å². The Labute approximate surface area is 106 Å². The maximum atomic E-state index is 9.88. The second-order valence-electron chi connectivity index (χ2n) is 4.25. The van der Waals surface area contributed by atoms with Gasteiger partial charge in [-0.3, -0.25) is 0 Å². The van der Waals surface area contributed by atoms with E-state index in [9.17, 15) is 10.2 Å². The van der Waals surface area contributed by atoms with E-state index in [2.05, 4.69) is 0 Å². The van der Waals surface area contributed by atoms with Gasteiger partial charge in [0.1, 0.15) is 18.3 Å². The summed E-state index contributed by atoms with van der Waals surface area (Å²) < 4.78 is 15.7. The molecule has 0 bridgehead atoms. The van der Waals surface area contributed by atoms with Crippen molar-refractivity contribution in [2.45, 2.75) is 31.2 Å². The van der Waals surface area contributed by atoms with Crippen molar-refractivity contribution in [1.82, 2.24) is 0 Å². The maximum Gasteiger partial charge on any atom is 0.185 e. The molecule has 0 spiro atoms. The van der Waals surface area contributed by atoms with E-state index in [4.69, 9.17) is 14.2 Å². The summed E-state index contributed by atoms with van der Waals surface area (Å²) in [6, 6.07) is 9.63. The standard InChI is InChI=1S/C13H18O5/c1-16-13-12(15)11(14)10(8-18-13)17-7-9-5-3-2-4-6-9/h2-6,10-15H,7-8H2,1H3/t10-,11+,12+,13+/m0/s1. The molecule has 4 atom stereocenters. The first kappa shape index (κ1) is 13.5. The first-order valence-corrected chi connectivity index (χ1v) is 5.88. The van der Waals surface area contributed by atoms with Gasteiger partial charge in [-0.05, 0) is 5.56 Å². The number of aliphatic hydroxyl groups is 2. The normalized spacial score (nSPS) is 32.4. The lowest BCUT2D eigenvalue weighted by Gasteiger charge is -2.36. The van der Waals surface area contributed by atoms with Gasteiger partial charge in [0.25, 0.3) is 0 Å². The second kappa shape index (κ2) is 6.26. The topological polar surface area (TPSA) is 68.2 Å². The molecule has 1 saturated heterocycles. The monoisotopic (exact) mass is 254 g/mol. The molecule has 1 aromatic rings. The molecule has 0 radical (unpaired) electrons. The van der Waals surface area contributed by atoms with Crippen LogP contribution in [0.25, 0.3) is 0 Å². The van der Waals surface area contributed by atoms with Crippen molar-refractivity contribution < 1.29 is 24.4 Å². The Hall–Kier alpha value is -0.980. The molecule has 0 saturated carbocycles. The summed E-state index contributed by atoms with van der Waals surface area (Å²) in [5.41, 5.74) is 1.01. The highest BCUT2D eigenvalue weighted by molar-refractivity contribution is 5.13. The van der Waals surface area contributed by atoms with Gasteiger partial charge in [-0.2, -0.15) is 0 Å². The third kappa shape index (κ3) is 3.07. The summed E-state index contributed by atoms with van der Waals surface area (Å²) >= 11 is 0. The molecule has 18 heavy (non-hydrogen) atoms. The number of aliphatic hydroxyl groups excluding tert-OH is 2. The van der Waals surface area contributed by atoms with E-state index in [-0.39, 0.29) is 6.61 Å². The first-order chi connectivity index (χ1) is 8.72. The number of methoxy groups -OCH3 is 1. The molecule has 0 aliphatic carbocycles. The molecule has 1 aliphatic rings. The highest BCUT2D eigenvalue weighted by Gasteiger charge is 2.39. The summed E-state index contributed by atoms with van der Waals surface area (Å²) in [6.45, 7) is 0.569. The number of benzene rings is 1. The Bertz CT molecular complexity index is 356. The van der Waals surface area contributed by atoms with E-state index in [1.807, 2.05) is 30.3 Å². The van der Waals surface area contributed by atoms with E-state index >= 15 is 0 Å². The van der Waals surface area contributed by atoms with Gasteiger partial charge in [0.05, 0.1) is 13.2 Å². The lowest BCUT2D eigenvalue weighted by Crippen LogP contribution is -2.54. The molecule has 1 aromatic carbocycles. The molecular weight excluding hydrogens is 236 g/mol. The lowest BCUT2D eigenvalue weighted by molar-refractivity contribution is -0.270. The highest BCUT2D eigenvalue weighted by atomic mass is 16.7. The summed E-state index contributed by atoms with van der Waals surface area (Å²) in [4.78, 5) is 0. The Morgan fingerprint density at radius 3 is 2.61 bits per heavy atom. The zero-order chi connectivity index (χ0) is 13.0. The second-order valence-corrected chi connectivity index (χ2v) is 4.25. The minimum atomic E-state index is -1.09. The van der Waals surface area contributed by atoms with Gasteiger partial charge < -0.3 is 24.4 Å². The van der Waals surface area contributed by atoms with Gasteiger partial charge in [0.15, 0.2) is 6.29 Å². The molecule has 100 valence electrons. The smallest absolute Gasteiger partial charge is 0.185 e. The Kier molecular flexibility index (Phi) is 4.68. The maximum absolute atomic E-state index is 9.88. The molecule has 0 unspecified atom stereocenters. The Morgan fingerprint density at radius 1 is 1.22 bits per heavy atom. The molecule has 0 amide bonds. The number of ether oxygens (including phenoxy) is 3. The quantitative estimate of drug-likeness (QED) is 0.808. The van der Waals surface area contributed by atoms with Crippen molar-refractivity contribution in [2.75, 3.05) is 13.7 Å². The van der Waals surface area contributed by atoms with E-state index in [1.165, 1.54) is 7.11 Å². The van der Waals surface area contributed by atoms with Crippen LogP contribution in [0.3, 0.4) is 0 Å². The molecular formula is C13H18O5. The predicted octanol–water partition coefficient (Wildman–Crippen LogP) is 0.296.